The van der Waals surface area contributed by atoms with Gasteiger partial charge in [-0.2, -0.15) is 0 Å². The summed E-state index contributed by atoms with van der Waals surface area (Å²) in [6, 6.07) is 8.54. The predicted octanol–water partition coefficient (Wildman–Crippen LogP) is 3.63. The fourth-order valence-corrected chi connectivity index (χ4v) is 2.83. The van der Waals surface area contributed by atoms with Crippen LogP contribution in [0.1, 0.15) is 5.56 Å². The van der Waals surface area contributed by atoms with Crippen molar-refractivity contribution in [3.05, 3.63) is 52.1 Å². The van der Waals surface area contributed by atoms with Crippen molar-refractivity contribution in [2.24, 2.45) is 10.9 Å². The zero-order valence-electron chi connectivity index (χ0n) is 9.55. The second kappa shape index (κ2) is 6.14. The van der Waals surface area contributed by atoms with Crippen molar-refractivity contribution in [1.82, 2.24) is 4.98 Å². The number of rotatable bonds is 3. The first-order valence-corrected chi connectivity index (χ1v) is 6.75. The van der Waals surface area contributed by atoms with Crippen LogP contribution in [0, 0.1) is 0 Å². The summed E-state index contributed by atoms with van der Waals surface area (Å²) in [4.78, 5) is 4.89. The van der Waals surface area contributed by atoms with Gasteiger partial charge in [-0.25, -0.2) is 4.98 Å². The van der Waals surface area contributed by atoms with E-state index < -0.39 is 0 Å². The molecule has 19 heavy (non-hydrogen) atoms. The summed E-state index contributed by atoms with van der Waals surface area (Å²) >= 11 is 13.3. The van der Waals surface area contributed by atoms with Gasteiger partial charge in [0.15, 0.2) is 5.84 Å². The van der Waals surface area contributed by atoms with Gasteiger partial charge in [0, 0.05) is 21.7 Å². The van der Waals surface area contributed by atoms with Crippen LogP contribution in [0.4, 0.5) is 0 Å². The van der Waals surface area contributed by atoms with E-state index in [1.807, 2.05) is 0 Å². The van der Waals surface area contributed by atoms with E-state index in [0.29, 0.717) is 25.5 Å². The van der Waals surface area contributed by atoms with Gasteiger partial charge in [0.05, 0.1) is 5.02 Å². The number of aromatic nitrogens is 1. The molecule has 0 bridgehead atoms. The van der Waals surface area contributed by atoms with Crippen molar-refractivity contribution in [3.63, 3.8) is 0 Å². The Hall–Kier alpha value is -1.43. The molecule has 0 aliphatic carbocycles. The molecule has 4 nitrogen and oxygen atoms in total. The molecule has 0 unspecified atom stereocenters. The Balaban J connectivity index is 2.44. The van der Waals surface area contributed by atoms with Gasteiger partial charge >= 0.3 is 0 Å². The summed E-state index contributed by atoms with van der Waals surface area (Å²) in [6.45, 7) is 0. The first-order valence-electron chi connectivity index (χ1n) is 5.17. The average molecular weight is 314 g/mol. The third kappa shape index (κ3) is 3.32. The van der Waals surface area contributed by atoms with Crippen molar-refractivity contribution in [2.75, 3.05) is 0 Å². The molecule has 1 heterocycles. The number of amidine groups is 1. The van der Waals surface area contributed by atoms with E-state index in [9.17, 15) is 0 Å². The molecule has 98 valence electrons. The Morgan fingerprint density at radius 1 is 1.32 bits per heavy atom. The second-order valence-corrected chi connectivity index (χ2v) is 5.39. The highest BCUT2D eigenvalue weighted by Gasteiger charge is 2.12. The third-order valence-electron chi connectivity index (χ3n) is 2.26. The van der Waals surface area contributed by atoms with Crippen LogP contribution in [0.5, 0.6) is 0 Å². The zero-order valence-corrected chi connectivity index (χ0v) is 11.9. The summed E-state index contributed by atoms with van der Waals surface area (Å²) in [6.07, 6.45) is 1.64. The Bertz CT molecular complexity index is 634. The maximum atomic E-state index is 8.78. The lowest BCUT2D eigenvalue weighted by Crippen LogP contribution is -2.14. The Morgan fingerprint density at radius 3 is 2.79 bits per heavy atom. The molecule has 0 saturated carbocycles. The van der Waals surface area contributed by atoms with E-state index in [1.54, 1.807) is 36.5 Å². The Morgan fingerprint density at radius 2 is 2.11 bits per heavy atom. The highest BCUT2D eigenvalue weighted by molar-refractivity contribution is 7.99. The van der Waals surface area contributed by atoms with Crippen LogP contribution >= 0.6 is 35.0 Å². The molecule has 0 radical (unpaired) electrons. The van der Waals surface area contributed by atoms with Crippen LogP contribution in [0.15, 0.2) is 51.6 Å². The molecule has 0 aliphatic heterocycles. The van der Waals surface area contributed by atoms with E-state index in [1.165, 1.54) is 11.8 Å². The Kier molecular flexibility index (Phi) is 4.52. The molecular weight excluding hydrogens is 305 g/mol. The highest BCUT2D eigenvalue weighted by Crippen LogP contribution is 2.34. The summed E-state index contributed by atoms with van der Waals surface area (Å²) in [5, 5.41) is 13.5. The van der Waals surface area contributed by atoms with E-state index in [-0.39, 0.29) is 5.84 Å². The van der Waals surface area contributed by atoms with Gasteiger partial charge in [-0.05, 0) is 30.3 Å². The summed E-state index contributed by atoms with van der Waals surface area (Å²) in [5.74, 6) is 0.00576. The number of nitrogens with zero attached hydrogens (tertiary/aromatic N) is 2. The van der Waals surface area contributed by atoms with Crippen LogP contribution in [-0.2, 0) is 0 Å². The number of halogens is 2. The van der Waals surface area contributed by atoms with Gasteiger partial charge in [0.25, 0.3) is 0 Å². The minimum Gasteiger partial charge on any atom is -0.409 e. The lowest BCUT2D eigenvalue weighted by molar-refractivity contribution is 0.318. The van der Waals surface area contributed by atoms with Gasteiger partial charge in [-0.15, -0.1) is 0 Å². The van der Waals surface area contributed by atoms with Crippen LogP contribution in [0.2, 0.25) is 10.0 Å². The van der Waals surface area contributed by atoms with E-state index in [0.717, 1.165) is 0 Å². The smallest absolute Gasteiger partial charge is 0.171 e. The quantitative estimate of drug-likeness (QED) is 0.393. The maximum absolute atomic E-state index is 8.78. The lowest BCUT2D eigenvalue weighted by atomic mass is 10.2. The van der Waals surface area contributed by atoms with Gasteiger partial charge in [0.2, 0.25) is 0 Å². The molecule has 0 aliphatic rings. The van der Waals surface area contributed by atoms with Gasteiger partial charge < -0.3 is 10.9 Å². The molecule has 0 fully saturated rings. The fourth-order valence-electron chi connectivity index (χ4n) is 1.40. The molecule has 2 rings (SSSR count). The van der Waals surface area contributed by atoms with Gasteiger partial charge in [0.1, 0.15) is 5.03 Å². The fraction of sp³-hybridized carbons (Fsp3) is 0. The minimum absolute atomic E-state index is 0.00576. The number of benzene rings is 1. The molecule has 0 atom stereocenters. The normalized spacial score (nSPS) is 11.6. The summed E-state index contributed by atoms with van der Waals surface area (Å²) in [7, 11) is 0. The molecular formula is C12H9Cl2N3OS. The monoisotopic (exact) mass is 313 g/mol. The van der Waals surface area contributed by atoms with Crippen LogP contribution < -0.4 is 5.73 Å². The zero-order chi connectivity index (χ0) is 13.8. The molecule has 0 saturated heterocycles. The summed E-state index contributed by atoms with van der Waals surface area (Å²) in [5.41, 5.74) is 6.20. The van der Waals surface area contributed by atoms with Crippen molar-refractivity contribution in [2.45, 2.75) is 9.92 Å². The first kappa shape index (κ1) is 14.0. The second-order valence-electron chi connectivity index (χ2n) is 3.52. The molecule has 3 N–H and O–H groups in total. The molecule has 1 aromatic carbocycles. The number of hydrogen-bond donors (Lipinski definition) is 2. The number of oxime groups is 1. The molecule has 7 heteroatoms. The first-order chi connectivity index (χ1) is 9.11. The van der Waals surface area contributed by atoms with E-state index in [4.69, 9.17) is 34.1 Å². The van der Waals surface area contributed by atoms with Crippen LogP contribution in [0.25, 0.3) is 0 Å². The van der Waals surface area contributed by atoms with Gasteiger partial charge in [-0.1, -0.05) is 40.1 Å². The largest absolute Gasteiger partial charge is 0.409 e. The molecule has 0 spiro atoms. The SMILES string of the molecule is NC(=NO)c1ccc(Cl)cc1Sc1ncccc1Cl. The van der Waals surface area contributed by atoms with Crippen molar-refractivity contribution in [3.8, 4) is 0 Å². The lowest BCUT2D eigenvalue weighted by Gasteiger charge is -2.08. The average Bonchev–Trinajstić information content (AvgIpc) is 2.41. The Labute approximate surface area is 124 Å². The number of nitrogens with two attached hydrogens (primary N) is 1. The topological polar surface area (TPSA) is 71.5 Å². The van der Waals surface area contributed by atoms with Gasteiger partial charge in [-0.3, -0.25) is 0 Å². The highest BCUT2D eigenvalue weighted by atomic mass is 35.5. The predicted molar refractivity (Wildman–Crippen MR) is 77.3 cm³/mol. The summed E-state index contributed by atoms with van der Waals surface area (Å²) < 4.78 is 0. The van der Waals surface area contributed by atoms with Crippen LogP contribution in [0.3, 0.4) is 0 Å². The standard InChI is InChI=1S/C12H9Cl2N3OS/c13-7-3-4-8(11(15)17-18)10(6-7)19-12-9(14)2-1-5-16-12/h1-6,18H,(H2,15,17). The van der Waals surface area contributed by atoms with E-state index >= 15 is 0 Å². The van der Waals surface area contributed by atoms with Crippen molar-refractivity contribution >= 4 is 40.8 Å². The van der Waals surface area contributed by atoms with E-state index in [2.05, 4.69) is 10.1 Å². The van der Waals surface area contributed by atoms with Crippen molar-refractivity contribution in [1.29, 1.82) is 0 Å². The molecule has 0 amide bonds. The van der Waals surface area contributed by atoms with Crippen LogP contribution in [-0.4, -0.2) is 16.0 Å². The molecule has 1 aromatic heterocycles. The third-order valence-corrected chi connectivity index (χ3v) is 3.99. The molecule has 2 aromatic rings. The number of pyridine rings is 1. The minimum atomic E-state index is 0.00576. The maximum Gasteiger partial charge on any atom is 0.171 e. The van der Waals surface area contributed by atoms with Crippen molar-refractivity contribution < 1.29 is 5.21 Å². The number of hydrogen-bond acceptors (Lipinski definition) is 4.